The fourth-order valence-electron chi connectivity index (χ4n) is 5.98. The molecule has 2 amide bonds. The second-order valence-corrected chi connectivity index (χ2v) is 15.3. The van der Waals surface area contributed by atoms with Gasteiger partial charge >= 0.3 is 13.1 Å². The van der Waals surface area contributed by atoms with E-state index < -0.39 is 23.2 Å². The van der Waals surface area contributed by atoms with Gasteiger partial charge in [0.2, 0.25) is 0 Å². The van der Waals surface area contributed by atoms with Gasteiger partial charge in [-0.25, -0.2) is 4.79 Å². The molecule has 0 N–H and O–H groups in total. The van der Waals surface area contributed by atoms with Gasteiger partial charge in [0.25, 0.3) is 11.8 Å². The summed E-state index contributed by atoms with van der Waals surface area (Å²) >= 11 is 0. The summed E-state index contributed by atoms with van der Waals surface area (Å²) in [5, 5.41) is 0.574. The predicted molar refractivity (Wildman–Crippen MR) is 186 cm³/mol. The number of benzene rings is 3. The van der Waals surface area contributed by atoms with Gasteiger partial charge < -0.3 is 14.1 Å². The molecule has 0 saturated carbocycles. The average Bonchev–Trinajstić information content (AvgIpc) is 3.38. The van der Waals surface area contributed by atoms with E-state index in [-0.39, 0.29) is 23.6 Å². The van der Waals surface area contributed by atoms with E-state index in [4.69, 9.17) is 14.1 Å². The van der Waals surface area contributed by atoms with Crippen molar-refractivity contribution in [2.75, 3.05) is 0 Å². The van der Waals surface area contributed by atoms with Crippen molar-refractivity contribution in [3.63, 3.8) is 0 Å². The third kappa shape index (κ3) is 7.24. The first kappa shape index (κ1) is 36.1. The first-order valence-electron chi connectivity index (χ1n) is 16.4. The number of rotatable bonds is 7. The van der Waals surface area contributed by atoms with E-state index in [0.717, 1.165) is 34.2 Å². The van der Waals surface area contributed by atoms with Crippen LogP contribution < -0.4 is 0 Å². The van der Waals surface area contributed by atoms with Crippen molar-refractivity contribution in [2.45, 2.75) is 112 Å². The Hall–Kier alpha value is -3.75. The Morgan fingerprint density at radius 3 is 1.47 bits per heavy atom. The third-order valence-electron chi connectivity index (χ3n) is 10.1. The van der Waals surface area contributed by atoms with Crippen LogP contribution >= 0.6 is 0 Å². The standard InChI is InChI=1S/C23H25NO4.C16H25BO2/c1-13-14(2)16(4)19-18(15(13)3)20(25)24(21(19)26)28-22(27)23(5,6)12-17-10-8-7-9-11-17;1-14(2,12-13-10-8-7-9-11-13)17-18-15(3,4)16(5,6)19-17/h7-11H,12H2,1-6H3;7-11H,12H2,1-6H3. The van der Waals surface area contributed by atoms with Crippen molar-refractivity contribution >= 4 is 24.9 Å². The molecule has 0 aliphatic carbocycles. The van der Waals surface area contributed by atoms with Gasteiger partial charge in [0, 0.05) is 5.31 Å². The summed E-state index contributed by atoms with van der Waals surface area (Å²) in [5.74, 6) is -1.77. The molecule has 2 aliphatic heterocycles. The number of imide groups is 1. The fraction of sp³-hybridized carbons (Fsp3) is 0.462. The van der Waals surface area contributed by atoms with Crippen molar-refractivity contribution < 1.29 is 28.5 Å². The number of nitrogens with zero attached hydrogens (tertiary/aromatic N) is 1. The van der Waals surface area contributed by atoms with Gasteiger partial charge in [-0.2, -0.15) is 0 Å². The Morgan fingerprint density at radius 1 is 0.681 bits per heavy atom. The summed E-state index contributed by atoms with van der Waals surface area (Å²) < 4.78 is 12.4. The molecule has 0 aromatic heterocycles. The van der Waals surface area contributed by atoms with Crippen LogP contribution in [0.2, 0.25) is 5.31 Å². The fourth-order valence-corrected chi connectivity index (χ4v) is 5.98. The SMILES string of the molecule is CC(C)(Cc1ccccc1)B1OC(C)(C)C(C)(C)O1.Cc1c(C)c(C)c2c(c1C)C(=O)N(OC(=O)C(C)(C)Cc1ccccc1)C2=O. The largest absolute Gasteiger partial charge is 0.464 e. The molecule has 8 heteroatoms. The Bertz CT molecular complexity index is 1600. The van der Waals surface area contributed by atoms with Gasteiger partial charge in [0.05, 0.1) is 27.7 Å². The zero-order valence-corrected chi connectivity index (χ0v) is 30.2. The molecule has 0 bridgehead atoms. The highest BCUT2D eigenvalue weighted by molar-refractivity contribution is 6.49. The molecule has 2 aliphatic rings. The molecule has 0 radical (unpaired) electrons. The maximum atomic E-state index is 12.9. The first-order chi connectivity index (χ1) is 21.7. The van der Waals surface area contributed by atoms with Gasteiger partial charge in [-0.15, -0.1) is 0 Å². The molecule has 250 valence electrons. The molecule has 0 atom stereocenters. The summed E-state index contributed by atoms with van der Waals surface area (Å²) in [4.78, 5) is 43.9. The van der Waals surface area contributed by atoms with Crippen molar-refractivity contribution in [3.8, 4) is 0 Å². The lowest BCUT2D eigenvalue weighted by Crippen LogP contribution is -2.41. The van der Waals surface area contributed by atoms with E-state index in [1.807, 2.05) is 64.1 Å². The lowest BCUT2D eigenvalue weighted by atomic mass is 9.57. The van der Waals surface area contributed by atoms with E-state index in [1.54, 1.807) is 13.8 Å². The molecule has 47 heavy (non-hydrogen) atoms. The molecule has 3 aromatic carbocycles. The first-order valence-corrected chi connectivity index (χ1v) is 16.4. The summed E-state index contributed by atoms with van der Waals surface area (Å²) in [6.07, 6.45) is 1.39. The van der Waals surface area contributed by atoms with E-state index in [2.05, 4.69) is 65.8 Å². The number of amides is 2. The van der Waals surface area contributed by atoms with Crippen LogP contribution in [0.4, 0.5) is 0 Å². The zero-order valence-electron chi connectivity index (χ0n) is 30.2. The Labute approximate surface area is 281 Å². The molecule has 0 unspecified atom stereocenters. The highest BCUT2D eigenvalue weighted by Crippen LogP contribution is 2.46. The van der Waals surface area contributed by atoms with Crippen molar-refractivity contribution in [2.24, 2.45) is 5.41 Å². The molecule has 2 heterocycles. The lowest BCUT2D eigenvalue weighted by Gasteiger charge is -2.32. The monoisotopic (exact) mass is 639 g/mol. The molecule has 1 fully saturated rings. The van der Waals surface area contributed by atoms with Crippen LogP contribution in [0.15, 0.2) is 60.7 Å². The number of carbonyl (C=O) groups excluding carboxylic acids is 3. The van der Waals surface area contributed by atoms with Crippen LogP contribution in [-0.2, 0) is 31.8 Å². The average molecular weight is 640 g/mol. The van der Waals surface area contributed by atoms with Crippen LogP contribution in [0.25, 0.3) is 0 Å². The molecule has 0 spiro atoms. The molecule has 5 rings (SSSR count). The summed E-state index contributed by atoms with van der Waals surface area (Å²) in [6.45, 7) is 23.8. The Balaban J connectivity index is 0.000000229. The number of carbonyl (C=O) groups is 3. The summed E-state index contributed by atoms with van der Waals surface area (Å²) in [7, 11) is -0.169. The predicted octanol–water partition coefficient (Wildman–Crippen LogP) is 8.34. The molecule has 3 aromatic rings. The third-order valence-corrected chi connectivity index (χ3v) is 10.1. The van der Waals surface area contributed by atoms with Gasteiger partial charge in [0.15, 0.2) is 0 Å². The van der Waals surface area contributed by atoms with Gasteiger partial charge in [-0.1, -0.05) is 79.6 Å². The van der Waals surface area contributed by atoms with Crippen molar-refractivity contribution in [3.05, 3.63) is 105 Å². The molecule has 1 saturated heterocycles. The number of hydrogen-bond donors (Lipinski definition) is 0. The number of hydroxylamine groups is 2. The minimum absolute atomic E-state index is 0.0492. The van der Waals surface area contributed by atoms with Gasteiger partial charge in [0.1, 0.15) is 0 Å². The molecular formula is C39H50BNO6. The van der Waals surface area contributed by atoms with Crippen molar-refractivity contribution in [1.82, 2.24) is 5.06 Å². The Kier molecular flexibility index (Phi) is 10.0. The smallest absolute Gasteiger partial charge is 0.403 e. The van der Waals surface area contributed by atoms with Crippen LogP contribution in [0.3, 0.4) is 0 Å². The maximum absolute atomic E-state index is 12.9. The zero-order chi connectivity index (χ0) is 35.1. The lowest BCUT2D eigenvalue weighted by molar-refractivity contribution is -0.179. The summed E-state index contributed by atoms with van der Waals surface area (Å²) in [5.41, 5.74) is 4.98. The Morgan fingerprint density at radius 2 is 1.06 bits per heavy atom. The minimum Gasteiger partial charge on any atom is -0.403 e. The van der Waals surface area contributed by atoms with E-state index in [0.29, 0.717) is 22.6 Å². The van der Waals surface area contributed by atoms with Gasteiger partial charge in [-0.05, 0) is 115 Å². The normalized spacial score (nSPS) is 16.9. The minimum atomic E-state index is -0.896. The van der Waals surface area contributed by atoms with E-state index in [9.17, 15) is 14.4 Å². The highest BCUT2D eigenvalue weighted by Gasteiger charge is 2.56. The van der Waals surface area contributed by atoms with E-state index >= 15 is 0 Å². The van der Waals surface area contributed by atoms with Crippen LogP contribution in [0, 0.1) is 33.1 Å². The van der Waals surface area contributed by atoms with Gasteiger partial charge in [-0.3, -0.25) is 9.59 Å². The summed E-state index contributed by atoms with van der Waals surface area (Å²) in [6, 6.07) is 20.1. The number of hydrogen-bond acceptors (Lipinski definition) is 6. The second kappa shape index (κ2) is 13.0. The number of fused-ring (bicyclic) bond motifs is 1. The van der Waals surface area contributed by atoms with Crippen LogP contribution in [0.1, 0.15) is 109 Å². The van der Waals surface area contributed by atoms with Crippen LogP contribution in [-0.4, -0.2) is 41.2 Å². The maximum Gasteiger partial charge on any atom is 0.464 e. The van der Waals surface area contributed by atoms with Crippen LogP contribution in [0.5, 0.6) is 0 Å². The van der Waals surface area contributed by atoms with E-state index in [1.165, 1.54) is 5.56 Å². The van der Waals surface area contributed by atoms with Crippen molar-refractivity contribution in [1.29, 1.82) is 0 Å². The quantitative estimate of drug-likeness (QED) is 0.191. The topological polar surface area (TPSA) is 82.1 Å². The second-order valence-electron chi connectivity index (χ2n) is 15.3. The molecular weight excluding hydrogens is 589 g/mol. The molecule has 7 nitrogen and oxygen atoms in total. The highest BCUT2D eigenvalue weighted by atomic mass is 16.7.